The Balaban J connectivity index is 2.45. The minimum Gasteiger partial charge on any atom is -0.496 e. The van der Waals surface area contributed by atoms with Crippen LogP contribution in [0.2, 0.25) is 0 Å². The van der Waals surface area contributed by atoms with Gasteiger partial charge in [-0.05, 0) is 18.3 Å². The highest BCUT2D eigenvalue weighted by Gasteiger charge is 2.38. The minimum atomic E-state index is -0.131. The predicted octanol–water partition coefficient (Wildman–Crippen LogP) is 4.96. The maximum absolute atomic E-state index is 6.89. The Bertz CT molecular complexity index is 456. The Morgan fingerprint density at radius 2 is 1.48 bits per heavy atom. The molecule has 1 atom stereocenters. The fourth-order valence-corrected chi connectivity index (χ4v) is 3.68. The second-order valence-electron chi connectivity index (χ2n) is 6.02. The summed E-state index contributed by atoms with van der Waals surface area (Å²) in [5.74, 6) is 2.18. The fraction of sp³-hybridized carbons (Fsp3) is 0.647. The van der Waals surface area contributed by atoms with E-state index in [1.54, 1.807) is 21.3 Å². The van der Waals surface area contributed by atoms with Gasteiger partial charge < -0.3 is 14.2 Å². The zero-order chi connectivity index (χ0) is 15.5. The van der Waals surface area contributed by atoms with Gasteiger partial charge in [-0.15, -0.1) is 11.6 Å². The van der Waals surface area contributed by atoms with Crippen molar-refractivity contribution in [3.05, 3.63) is 17.7 Å². The number of benzene rings is 1. The van der Waals surface area contributed by atoms with Crippen LogP contribution in [0.3, 0.4) is 0 Å². The molecule has 1 fully saturated rings. The maximum atomic E-state index is 6.89. The Labute approximate surface area is 132 Å². The molecule has 1 unspecified atom stereocenters. The van der Waals surface area contributed by atoms with Gasteiger partial charge >= 0.3 is 0 Å². The lowest BCUT2D eigenvalue weighted by molar-refractivity contribution is 0.201. The lowest BCUT2D eigenvalue weighted by atomic mass is 9.71. The summed E-state index contributed by atoms with van der Waals surface area (Å²) < 4.78 is 16.4. The Morgan fingerprint density at radius 1 is 0.952 bits per heavy atom. The molecule has 0 aliphatic heterocycles. The van der Waals surface area contributed by atoms with Gasteiger partial charge in [-0.1, -0.05) is 26.2 Å². The Hall–Kier alpha value is -1.09. The van der Waals surface area contributed by atoms with Crippen LogP contribution in [0.1, 0.15) is 50.0 Å². The molecule has 0 spiro atoms. The van der Waals surface area contributed by atoms with E-state index >= 15 is 0 Å². The number of hydrogen-bond donors (Lipinski definition) is 0. The third-order valence-corrected chi connectivity index (χ3v) is 5.36. The smallest absolute Gasteiger partial charge is 0.130 e. The van der Waals surface area contributed by atoms with Crippen molar-refractivity contribution < 1.29 is 14.2 Å². The molecule has 2 rings (SSSR count). The van der Waals surface area contributed by atoms with E-state index in [2.05, 4.69) is 6.92 Å². The number of methoxy groups -OCH3 is 3. The van der Waals surface area contributed by atoms with Gasteiger partial charge in [-0.2, -0.15) is 0 Å². The largest absolute Gasteiger partial charge is 0.496 e. The van der Waals surface area contributed by atoms with E-state index in [1.165, 1.54) is 19.3 Å². The van der Waals surface area contributed by atoms with Crippen LogP contribution in [0.15, 0.2) is 12.1 Å². The van der Waals surface area contributed by atoms with Crippen molar-refractivity contribution in [3.8, 4) is 17.2 Å². The van der Waals surface area contributed by atoms with Crippen LogP contribution in [0.4, 0.5) is 0 Å². The third kappa shape index (κ3) is 3.23. The minimum absolute atomic E-state index is 0.0783. The van der Waals surface area contributed by atoms with E-state index in [1.807, 2.05) is 12.1 Å². The average Bonchev–Trinajstić information content (AvgIpc) is 2.53. The zero-order valence-electron chi connectivity index (χ0n) is 13.4. The molecule has 0 N–H and O–H groups in total. The first-order valence-corrected chi connectivity index (χ1v) is 7.93. The molecule has 118 valence electrons. The molecule has 1 aliphatic carbocycles. The van der Waals surface area contributed by atoms with Gasteiger partial charge in [0.15, 0.2) is 0 Å². The molecule has 0 radical (unpaired) electrons. The molecule has 3 nitrogen and oxygen atoms in total. The second kappa shape index (κ2) is 6.78. The highest BCUT2D eigenvalue weighted by atomic mass is 35.5. The van der Waals surface area contributed by atoms with Crippen molar-refractivity contribution in [2.24, 2.45) is 5.41 Å². The molecule has 0 amide bonds. The number of halogens is 1. The highest BCUT2D eigenvalue weighted by Crippen LogP contribution is 2.54. The van der Waals surface area contributed by atoms with E-state index in [4.69, 9.17) is 25.8 Å². The molecule has 0 heterocycles. The number of alkyl halides is 1. The summed E-state index contributed by atoms with van der Waals surface area (Å²) in [4.78, 5) is 0. The zero-order valence-corrected chi connectivity index (χ0v) is 14.1. The molecule has 0 saturated heterocycles. The SMILES string of the molecule is COc1cc(OC)c(C(Cl)C2(C)CCCCC2)c(OC)c1. The van der Waals surface area contributed by atoms with Crippen LogP contribution >= 0.6 is 11.6 Å². The van der Waals surface area contributed by atoms with E-state index in [0.717, 1.165) is 29.9 Å². The van der Waals surface area contributed by atoms with E-state index in [9.17, 15) is 0 Å². The van der Waals surface area contributed by atoms with E-state index in [-0.39, 0.29) is 10.8 Å². The van der Waals surface area contributed by atoms with Gasteiger partial charge in [0.25, 0.3) is 0 Å². The predicted molar refractivity (Wildman–Crippen MR) is 85.9 cm³/mol. The first kappa shape index (κ1) is 16.3. The van der Waals surface area contributed by atoms with Gasteiger partial charge in [-0.3, -0.25) is 0 Å². The maximum Gasteiger partial charge on any atom is 0.130 e. The summed E-state index contributed by atoms with van der Waals surface area (Å²) in [6, 6.07) is 3.75. The Morgan fingerprint density at radius 3 is 1.90 bits per heavy atom. The topological polar surface area (TPSA) is 27.7 Å². The number of ether oxygens (including phenoxy) is 3. The summed E-state index contributed by atoms with van der Waals surface area (Å²) in [6.07, 6.45) is 6.05. The summed E-state index contributed by atoms with van der Waals surface area (Å²) >= 11 is 6.89. The van der Waals surface area contributed by atoms with Gasteiger partial charge in [-0.25, -0.2) is 0 Å². The van der Waals surface area contributed by atoms with Crippen LogP contribution in [0.25, 0.3) is 0 Å². The van der Waals surface area contributed by atoms with Crippen LogP contribution in [-0.2, 0) is 0 Å². The summed E-state index contributed by atoms with van der Waals surface area (Å²) in [5.41, 5.74) is 1.02. The summed E-state index contributed by atoms with van der Waals surface area (Å²) in [5, 5.41) is -0.131. The molecule has 1 aromatic carbocycles. The van der Waals surface area contributed by atoms with Crippen LogP contribution in [0.5, 0.6) is 17.2 Å². The van der Waals surface area contributed by atoms with Gasteiger partial charge in [0.05, 0.1) is 32.3 Å². The average molecular weight is 313 g/mol. The van der Waals surface area contributed by atoms with Crippen molar-refractivity contribution in [2.45, 2.75) is 44.4 Å². The lowest BCUT2D eigenvalue weighted by Gasteiger charge is -2.38. The molecule has 0 aromatic heterocycles. The number of rotatable bonds is 5. The van der Waals surface area contributed by atoms with Crippen molar-refractivity contribution in [1.29, 1.82) is 0 Å². The molecule has 1 aromatic rings. The standard InChI is InChI=1S/C17H25ClO3/c1-17(8-6-5-7-9-17)16(18)15-13(20-3)10-12(19-2)11-14(15)21-4/h10-11,16H,5-9H2,1-4H3. The second-order valence-corrected chi connectivity index (χ2v) is 6.46. The van der Waals surface area contributed by atoms with E-state index in [0.29, 0.717) is 5.75 Å². The molecule has 0 bridgehead atoms. The quantitative estimate of drug-likeness (QED) is 0.719. The monoisotopic (exact) mass is 312 g/mol. The van der Waals surface area contributed by atoms with Crippen molar-refractivity contribution in [2.75, 3.05) is 21.3 Å². The number of hydrogen-bond acceptors (Lipinski definition) is 3. The van der Waals surface area contributed by atoms with E-state index < -0.39 is 0 Å². The molecular weight excluding hydrogens is 288 g/mol. The highest BCUT2D eigenvalue weighted by molar-refractivity contribution is 6.21. The molecule has 21 heavy (non-hydrogen) atoms. The van der Waals surface area contributed by atoms with Crippen molar-refractivity contribution in [1.82, 2.24) is 0 Å². The van der Waals surface area contributed by atoms with Gasteiger partial charge in [0.1, 0.15) is 17.2 Å². The first-order chi connectivity index (χ1) is 10.1. The Kier molecular flexibility index (Phi) is 5.26. The first-order valence-electron chi connectivity index (χ1n) is 7.49. The van der Waals surface area contributed by atoms with Crippen molar-refractivity contribution in [3.63, 3.8) is 0 Å². The molecular formula is C17H25ClO3. The van der Waals surface area contributed by atoms with Crippen LogP contribution in [-0.4, -0.2) is 21.3 Å². The molecule has 1 aliphatic rings. The van der Waals surface area contributed by atoms with Crippen molar-refractivity contribution >= 4 is 11.6 Å². The molecule has 4 heteroatoms. The van der Waals surface area contributed by atoms with Gasteiger partial charge in [0.2, 0.25) is 0 Å². The lowest BCUT2D eigenvalue weighted by Crippen LogP contribution is -2.26. The van der Waals surface area contributed by atoms with Crippen LogP contribution < -0.4 is 14.2 Å². The normalized spacial score (nSPS) is 18.9. The van der Waals surface area contributed by atoms with Gasteiger partial charge in [0, 0.05) is 12.1 Å². The third-order valence-electron chi connectivity index (χ3n) is 4.61. The summed E-state index contributed by atoms with van der Waals surface area (Å²) in [7, 11) is 4.95. The molecule has 1 saturated carbocycles. The summed E-state index contributed by atoms with van der Waals surface area (Å²) in [6.45, 7) is 2.27. The van der Waals surface area contributed by atoms with Crippen LogP contribution in [0, 0.1) is 5.41 Å². The fourth-order valence-electron chi connectivity index (χ4n) is 3.24.